The molecular formula is C12H17FO3. The van der Waals surface area contributed by atoms with E-state index < -0.39 is 0 Å². The predicted octanol–water partition coefficient (Wildman–Crippen LogP) is 2.26. The van der Waals surface area contributed by atoms with Gasteiger partial charge in [0.25, 0.3) is 0 Å². The highest BCUT2D eigenvalue weighted by Crippen LogP contribution is 2.11. The maximum atomic E-state index is 12.8. The van der Waals surface area contributed by atoms with Gasteiger partial charge in [0.05, 0.1) is 19.8 Å². The molecule has 0 atom stereocenters. The quantitative estimate of drug-likeness (QED) is 0.639. The van der Waals surface area contributed by atoms with Gasteiger partial charge in [-0.25, -0.2) is 4.39 Å². The van der Waals surface area contributed by atoms with Crippen LogP contribution in [-0.4, -0.2) is 33.5 Å². The van der Waals surface area contributed by atoms with Gasteiger partial charge in [0.1, 0.15) is 11.6 Å². The van der Waals surface area contributed by atoms with E-state index in [4.69, 9.17) is 14.2 Å². The smallest absolute Gasteiger partial charge is 0.126 e. The van der Waals surface area contributed by atoms with E-state index in [0.29, 0.717) is 32.2 Å². The lowest BCUT2D eigenvalue weighted by atomic mass is 10.3. The number of hydrogen-bond donors (Lipinski definition) is 0. The Kier molecular flexibility index (Phi) is 6.53. The van der Waals surface area contributed by atoms with Crippen LogP contribution in [0.3, 0.4) is 0 Å². The van der Waals surface area contributed by atoms with Crippen molar-refractivity contribution in [1.82, 2.24) is 0 Å². The molecule has 0 N–H and O–H groups in total. The van der Waals surface area contributed by atoms with E-state index in [1.165, 1.54) is 12.1 Å². The third-order valence-electron chi connectivity index (χ3n) is 1.93. The number of benzene rings is 1. The summed E-state index contributed by atoms with van der Waals surface area (Å²) >= 11 is 0. The van der Waals surface area contributed by atoms with E-state index in [0.717, 1.165) is 6.42 Å². The lowest BCUT2D eigenvalue weighted by Crippen LogP contribution is -2.06. The molecule has 0 aliphatic rings. The van der Waals surface area contributed by atoms with Gasteiger partial charge in [-0.2, -0.15) is 0 Å². The summed E-state index contributed by atoms with van der Waals surface area (Å²) in [6, 6.07) is 6.11. The van der Waals surface area contributed by atoms with Gasteiger partial charge in [-0.3, -0.25) is 0 Å². The molecular weight excluding hydrogens is 211 g/mol. The van der Waals surface area contributed by atoms with Crippen LogP contribution in [0.1, 0.15) is 6.42 Å². The highest BCUT2D eigenvalue weighted by molar-refractivity contribution is 5.22. The van der Waals surface area contributed by atoms with Gasteiger partial charge in [0.15, 0.2) is 0 Å². The molecule has 0 fully saturated rings. The monoisotopic (exact) mass is 228 g/mol. The molecule has 0 saturated heterocycles. The average Bonchev–Trinajstić information content (AvgIpc) is 2.28. The molecule has 1 rings (SSSR count). The fourth-order valence-corrected chi connectivity index (χ4v) is 1.15. The van der Waals surface area contributed by atoms with Gasteiger partial charge in [0, 0.05) is 26.2 Å². The van der Waals surface area contributed by atoms with Gasteiger partial charge in [-0.15, -0.1) is 0 Å². The summed E-state index contributed by atoms with van der Waals surface area (Å²) in [6.07, 6.45) is 0.778. The maximum absolute atomic E-state index is 12.8. The molecule has 0 bridgehead atoms. The molecule has 4 heteroatoms. The maximum Gasteiger partial charge on any atom is 0.126 e. The summed E-state index contributed by atoms with van der Waals surface area (Å²) in [5.41, 5.74) is 0. The van der Waals surface area contributed by atoms with Crippen molar-refractivity contribution >= 4 is 0 Å². The Morgan fingerprint density at radius 3 is 2.75 bits per heavy atom. The molecule has 1 aromatic rings. The molecule has 0 saturated carbocycles. The second-order valence-corrected chi connectivity index (χ2v) is 3.26. The van der Waals surface area contributed by atoms with Crippen LogP contribution in [0.4, 0.5) is 4.39 Å². The van der Waals surface area contributed by atoms with Crippen molar-refractivity contribution in [2.45, 2.75) is 6.42 Å². The fraction of sp³-hybridized carbons (Fsp3) is 0.500. The molecule has 0 amide bonds. The van der Waals surface area contributed by atoms with E-state index in [2.05, 4.69) is 0 Å². The first-order valence-electron chi connectivity index (χ1n) is 5.28. The van der Waals surface area contributed by atoms with Gasteiger partial charge in [-0.1, -0.05) is 6.07 Å². The van der Waals surface area contributed by atoms with Crippen molar-refractivity contribution in [1.29, 1.82) is 0 Å². The molecule has 3 nitrogen and oxygen atoms in total. The highest BCUT2D eigenvalue weighted by atomic mass is 19.1. The van der Waals surface area contributed by atoms with Crippen molar-refractivity contribution < 1.29 is 18.6 Å². The molecule has 0 radical (unpaired) electrons. The topological polar surface area (TPSA) is 27.7 Å². The zero-order valence-electron chi connectivity index (χ0n) is 9.45. The van der Waals surface area contributed by atoms with E-state index in [1.54, 1.807) is 19.2 Å². The molecule has 0 aliphatic carbocycles. The first-order valence-corrected chi connectivity index (χ1v) is 5.28. The Hall–Kier alpha value is -1.13. The Morgan fingerprint density at radius 2 is 2.00 bits per heavy atom. The molecule has 16 heavy (non-hydrogen) atoms. The first-order chi connectivity index (χ1) is 7.83. The third-order valence-corrected chi connectivity index (χ3v) is 1.93. The Bertz CT molecular complexity index is 291. The van der Waals surface area contributed by atoms with Crippen molar-refractivity contribution in [3.05, 3.63) is 30.1 Å². The van der Waals surface area contributed by atoms with Crippen LogP contribution in [0, 0.1) is 5.82 Å². The lowest BCUT2D eigenvalue weighted by molar-refractivity contribution is 0.0644. The van der Waals surface area contributed by atoms with Gasteiger partial charge in [-0.05, 0) is 12.1 Å². The zero-order valence-corrected chi connectivity index (χ0v) is 9.45. The SMILES string of the molecule is COCCOCCCOc1cccc(F)c1. The first kappa shape index (κ1) is 12.9. The second-order valence-electron chi connectivity index (χ2n) is 3.26. The van der Waals surface area contributed by atoms with Gasteiger partial charge >= 0.3 is 0 Å². The van der Waals surface area contributed by atoms with E-state index in [-0.39, 0.29) is 5.82 Å². The second kappa shape index (κ2) is 8.07. The largest absolute Gasteiger partial charge is 0.493 e. The van der Waals surface area contributed by atoms with Crippen LogP contribution < -0.4 is 4.74 Å². The number of rotatable bonds is 8. The third kappa shape index (κ3) is 5.68. The van der Waals surface area contributed by atoms with E-state index in [9.17, 15) is 4.39 Å². The Balaban J connectivity index is 2.03. The predicted molar refractivity (Wildman–Crippen MR) is 59.2 cm³/mol. The summed E-state index contributed by atoms with van der Waals surface area (Å²) in [7, 11) is 1.64. The Labute approximate surface area is 95.1 Å². The van der Waals surface area contributed by atoms with Crippen LogP contribution in [0.25, 0.3) is 0 Å². The molecule has 0 heterocycles. The average molecular weight is 228 g/mol. The minimum absolute atomic E-state index is 0.283. The standard InChI is InChI=1S/C12H17FO3/c1-14-8-9-15-6-3-7-16-12-5-2-4-11(13)10-12/h2,4-5,10H,3,6-9H2,1H3. The minimum atomic E-state index is -0.283. The number of ether oxygens (including phenoxy) is 3. The lowest BCUT2D eigenvalue weighted by Gasteiger charge is -2.06. The van der Waals surface area contributed by atoms with E-state index in [1.807, 2.05) is 0 Å². The van der Waals surface area contributed by atoms with Crippen molar-refractivity contribution in [3.8, 4) is 5.75 Å². The Morgan fingerprint density at radius 1 is 1.12 bits per heavy atom. The summed E-state index contributed by atoms with van der Waals surface area (Å²) in [5.74, 6) is 0.269. The summed E-state index contributed by atoms with van der Waals surface area (Å²) in [5, 5.41) is 0. The summed E-state index contributed by atoms with van der Waals surface area (Å²) in [4.78, 5) is 0. The highest BCUT2D eigenvalue weighted by Gasteiger charge is 1.95. The molecule has 0 spiro atoms. The van der Waals surface area contributed by atoms with Crippen LogP contribution in [-0.2, 0) is 9.47 Å². The number of halogens is 1. The number of hydrogen-bond acceptors (Lipinski definition) is 3. The van der Waals surface area contributed by atoms with Gasteiger partial charge in [0.2, 0.25) is 0 Å². The normalized spacial score (nSPS) is 10.4. The van der Waals surface area contributed by atoms with Crippen LogP contribution >= 0.6 is 0 Å². The molecule has 0 aliphatic heterocycles. The van der Waals surface area contributed by atoms with Crippen molar-refractivity contribution in [2.75, 3.05) is 33.5 Å². The molecule has 0 aromatic heterocycles. The molecule has 0 unspecified atom stereocenters. The summed E-state index contributed by atoms with van der Waals surface area (Å²) in [6.45, 7) is 2.34. The summed E-state index contributed by atoms with van der Waals surface area (Å²) < 4.78 is 28.2. The van der Waals surface area contributed by atoms with Crippen LogP contribution in [0.15, 0.2) is 24.3 Å². The fourth-order valence-electron chi connectivity index (χ4n) is 1.15. The molecule has 90 valence electrons. The van der Waals surface area contributed by atoms with Crippen molar-refractivity contribution in [2.24, 2.45) is 0 Å². The van der Waals surface area contributed by atoms with Gasteiger partial charge < -0.3 is 14.2 Å². The minimum Gasteiger partial charge on any atom is -0.493 e. The van der Waals surface area contributed by atoms with Crippen LogP contribution in [0.2, 0.25) is 0 Å². The van der Waals surface area contributed by atoms with Crippen molar-refractivity contribution in [3.63, 3.8) is 0 Å². The number of methoxy groups -OCH3 is 1. The zero-order chi connectivity index (χ0) is 11.6. The van der Waals surface area contributed by atoms with E-state index >= 15 is 0 Å². The molecule has 1 aromatic carbocycles. The van der Waals surface area contributed by atoms with Crippen LogP contribution in [0.5, 0.6) is 5.75 Å².